The average molecular weight is 178 g/mol. The maximum Gasteiger partial charge on any atom is 0.412 e. The lowest BCUT2D eigenvalue weighted by Gasteiger charge is -2.04. The molecule has 0 bridgehead atoms. The average Bonchev–Trinajstić information content (AvgIpc) is 1.97. The van der Waals surface area contributed by atoms with Crippen LogP contribution in [0.3, 0.4) is 0 Å². The lowest BCUT2D eigenvalue weighted by molar-refractivity contribution is -0.0912. The van der Waals surface area contributed by atoms with Crippen molar-refractivity contribution in [2.24, 2.45) is 0 Å². The summed E-state index contributed by atoms with van der Waals surface area (Å²) in [6, 6.07) is 0. The Hall–Kier alpha value is -0.730. The highest BCUT2D eigenvalue weighted by molar-refractivity contribution is 5.18. The summed E-state index contributed by atoms with van der Waals surface area (Å²) in [5.74, 6) is 0. The summed E-state index contributed by atoms with van der Waals surface area (Å²) in [5, 5.41) is 0. The van der Waals surface area contributed by atoms with Gasteiger partial charge in [-0.05, 0) is 20.3 Å². The summed E-state index contributed by atoms with van der Waals surface area (Å²) in [6.45, 7) is 4.78. The first kappa shape index (κ1) is 11.3. The van der Waals surface area contributed by atoms with Crippen LogP contribution in [-0.2, 0) is 0 Å². The molecule has 0 unspecified atom stereocenters. The highest BCUT2D eigenvalue weighted by atomic mass is 19.4. The molecule has 0 radical (unpaired) electrons. The third-order valence-corrected chi connectivity index (χ3v) is 1.62. The predicted octanol–water partition coefficient (Wildman–Crippen LogP) is 3.85. The summed E-state index contributed by atoms with van der Waals surface area (Å²) in [7, 11) is 0. The zero-order valence-corrected chi connectivity index (χ0v) is 7.50. The maximum atomic E-state index is 11.9. The molecule has 0 spiro atoms. The van der Waals surface area contributed by atoms with E-state index in [1.54, 1.807) is 6.92 Å². The first-order valence-electron chi connectivity index (χ1n) is 3.79. The minimum absolute atomic E-state index is 0.560. The normalized spacial score (nSPS) is 15.2. The van der Waals surface area contributed by atoms with Gasteiger partial charge in [0, 0.05) is 5.57 Å². The van der Waals surface area contributed by atoms with Crippen LogP contribution in [0.4, 0.5) is 13.2 Å². The van der Waals surface area contributed by atoms with Gasteiger partial charge in [0.05, 0.1) is 0 Å². The van der Waals surface area contributed by atoms with Gasteiger partial charge in [-0.2, -0.15) is 13.2 Å². The molecule has 0 saturated heterocycles. The SMILES string of the molecule is CC/C(C)=C\C=C(/C)C(F)(F)F. The van der Waals surface area contributed by atoms with Gasteiger partial charge in [-0.1, -0.05) is 24.6 Å². The van der Waals surface area contributed by atoms with Gasteiger partial charge in [0.15, 0.2) is 0 Å². The molecule has 0 aliphatic heterocycles. The van der Waals surface area contributed by atoms with Gasteiger partial charge >= 0.3 is 6.18 Å². The van der Waals surface area contributed by atoms with Gasteiger partial charge in [0.25, 0.3) is 0 Å². The van der Waals surface area contributed by atoms with E-state index in [2.05, 4.69) is 0 Å². The van der Waals surface area contributed by atoms with Crippen LogP contribution < -0.4 is 0 Å². The third-order valence-electron chi connectivity index (χ3n) is 1.62. The van der Waals surface area contributed by atoms with E-state index in [1.807, 2.05) is 6.92 Å². The van der Waals surface area contributed by atoms with E-state index in [0.29, 0.717) is 0 Å². The first-order valence-corrected chi connectivity index (χ1v) is 3.79. The van der Waals surface area contributed by atoms with Crippen molar-refractivity contribution >= 4 is 0 Å². The number of alkyl halides is 3. The summed E-state index contributed by atoms with van der Waals surface area (Å²) >= 11 is 0. The minimum atomic E-state index is -4.19. The molecule has 0 aromatic heterocycles. The molecule has 70 valence electrons. The molecule has 3 heteroatoms. The van der Waals surface area contributed by atoms with Gasteiger partial charge in [-0.15, -0.1) is 0 Å². The number of hydrogen-bond donors (Lipinski definition) is 0. The highest BCUT2D eigenvalue weighted by Crippen LogP contribution is 2.24. The zero-order chi connectivity index (χ0) is 9.78. The Kier molecular flexibility index (Phi) is 4.07. The summed E-state index contributed by atoms with van der Waals surface area (Å²) in [5.41, 5.74) is 0.383. The van der Waals surface area contributed by atoms with Crippen LogP contribution in [0.1, 0.15) is 27.2 Å². The van der Waals surface area contributed by atoms with Crippen molar-refractivity contribution in [3.63, 3.8) is 0 Å². The second kappa shape index (κ2) is 4.33. The first-order chi connectivity index (χ1) is 5.38. The summed E-state index contributed by atoms with van der Waals surface area (Å²) in [6.07, 6.45) is -0.798. The number of allylic oxidation sites excluding steroid dienone is 4. The second-order valence-electron chi connectivity index (χ2n) is 2.71. The Balaban J connectivity index is 4.39. The van der Waals surface area contributed by atoms with E-state index >= 15 is 0 Å². The molecular weight excluding hydrogens is 165 g/mol. The molecule has 0 heterocycles. The van der Waals surface area contributed by atoms with E-state index in [-0.39, 0.29) is 0 Å². The summed E-state index contributed by atoms with van der Waals surface area (Å²) < 4.78 is 35.7. The topological polar surface area (TPSA) is 0 Å². The van der Waals surface area contributed by atoms with Crippen molar-refractivity contribution in [3.8, 4) is 0 Å². The van der Waals surface area contributed by atoms with Gasteiger partial charge in [-0.3, -0.25) is 0 Å². The van der Waals surface area contributed by atoms with Crippen LogP contribution in [0.2, 0.25) is 0 Å². The molecule has 0 nitrogen and oxygen atoms in total. The molecule has 0 saturated carbocycles. The second-order valence-corrected chi connectivity index (χ2v) is 2.71. The van der Waals surface area contributed by atoms with Crippen molar-refractivity contribution in [2.45, 2.75) is 33.4 Å². The van der Waals surface area contributed by atoms with Crippen LogP contribution in [0.5, 0.6) is 0 Å². The minimum Gasteiger partial charge on any atom is -0.166 e. The Labute approximate surface area is 70.8 Å². The zero-order valence-electron chi connectivity index (χ0n) is 7.50. The van der Waals surface area contributed by atoms with Crippen LogP contribution in [0.15, 0.2) is 23.3 Å². The van der Waals surface area contributed by atoms with Crippen LogP contribution >= 0.6 is 0 Å². The molecule has 0 aliphatic rings. The largest absolute Gasteiger partial charge is 0.412 e. The van der Waals surface area contributed by atoms with Gasteiger partial charge < -0.3 is 0 Å². The van der Waals surface area contributed by atoms with E-state index in [9.17, 15) is 13.2 Å². The number of hydrogen-bond acceptors (Lipinski definition) is 0. The molecule has 0 atom stereocenters. The quantitative estimate of drug-likeness (QED) is 0.563. The fraction of sp³-hybridized carbons (Fsp3) is 0.556. The number of rotatable bonds is 2. The Bertz CT molecular complexity index is 196. The monoisotopic (exact) mass is 178 g/mol. The Morgan fingerprint density at radius 1 is 1.17 bits per heavy atom. The molecule has 0 aromatic rings. The van der Waals surface area contributed by atoms with Gasteiger partial charge in [0.1, 0.15) is 0 Å². The van der Waals surface area contributed by atoms with E-state index < -0.39 is 11.7 Å². The fourth-order valence-electron chi connectivity index (χ4n) is 0.480. The van der Waals surface area contributed by atoms with Crippen molar-refractivity contribution < 1.29 is 13.2 Å². The third kappa shape index (κ3) is 4.21. The molecule has 0 fully saturated rings. The Morgan fingerprint density at radius 3 is 2.00 bits per heavy atom. The molecule has 12 heavy (non-hydrogen) atoms. The van der Waals surface area contributed by atoms with E-state index in [1.165, 1.54) is 6.08 Å². The molecular formula is C9H13F3. The molecule has 0 amide bonds. The van der Waals surface area contributed by atoms with Crippen LogP contribution in [0, 0.1) is 0 Å². The molecule has 0 N–H and O–H groups in total. The number of halogens is 3. The van der Waals surface area contributed by atoms with Crippen molar-refractivity contribution in [1.82, 2.24) is 0 Å². The van der Waals surface area contributed by atoms with Gasteiger partial charge in [0.2, 0.25) is 0 Å². The highest BCUT2D eigenvalue weighted by Gasteiger charge is 2.29. The van der Waals surface area contributed by atoms with Crippen molar-refractivity contribution in [1.29, 1.82) is 0 Å². The standard InChI is InChI=1S/C9H13F3/c1-4-7(2)5-6-8(3)9(10,11)12/h5-6H,4H2,1-3H3/b7-5-,8-6+. The van der Waals surface area contributed by atoms with Gasteiger partial charge in [-0.25, -0.2) is 0 Å². The smallest absolute Gasteiger partial charge is 0.166 e. The van der Waals surface area contributed by atoms with E-state index in [4.69, 9.17) is 0 Å². The Morgan fingerprint density at radius 2 is 1.67 bits per heavy atom. The van der Waals surface area contributed by atoms with E-state index in [0.717, 1.165) is 25.0 Å². The lowest BCUT2D eigenvalue weighted by atomic mass is 10.2. The fourth-order valence-corrected chi connectivity index (χ4v) is 0.480. The van der Waals surface area contributed by atoms with Crippen molar-refractivity contribution in [2.75, 3.05) is 0 Å². The lowest BCUT2D eigenvalue weighted by Crippen LogP contribution is -2.08. The molecule has 0 rings (SSSR count). The predicted molar refractivity (Wildman–Crippen MR) is 43.9 cm³/mol. The van der Waals surface area contributed by atoms with Crippen molar-refractivity contribution in [3.05, 3.63) is 23.3 Å². The van der Waals surface area contributed by atoms with Crippen LogP contribution in [0.25, 0.3) is 0 Å². The van der Waals surface area contributed by atoms with Crippen LogP contribution in [-0.4, -0.2) is 6.18 Å². The molecule has 0 aliphatic carbocycles. The molecule has 0 aromatic carbocycles. The maximum absolute atomic E-state index is 11.9. The summed E-state index contributed by atoms with van der Waals surface area (Å²) in [4.78, 5) is 0.